The number of aryl methyl sites for hydroxylation is 2. The second kappa shape index (κ2) is 5.81. The van der Waals surface area contributed by atoms with Crippen molar-refractivity contribution in [3.8, 4) is 0 Å². The molecule has 0 fully saturated rings. The maximum Gasteiger partial charge on any atom is 0.282 e. The van der Waals surface area contributed by atoms with Crippen molar-refractivity contribution in [3.63, 3.8) is 0 Å². The predicted octanol–water partition coefficient (Wildman–Crippen LogP) is 1.18. The third-order valence-electron chi connectivity index (χ3n) is 2.75. The predicted molar refractivity (Wildman–Crippen MR) is 67.0 cm³/mol. The smallest absolute Gasteiger partial charge is 0.282 e. The van der Waals surface area contributed by atoms with Crippen molar-refractivity contribution in [2.75, 3.05) is 0 Å². The lowest BCUT2D eigenvalue weighted by Gasteiger charge is -2.05. The highest BCUT2D eigenvalue weighted by Crippen LogP contribution is 2.17. The summed E-state index contributed by atoms with van der Waals surface area (Å²) >= 11 is 0. The Labute approximate surface area is 114 Å². The minimum atomic E-state index is -2.63. The zero-order chi connectivity index (χ0) is 14.7. The molecule has 8 heteroatoms. The first-order valence-electron chi connectivity index (χ1n) is 6.03. The third kappa shape index (κ3) is 3.40. The summed E-state index contributed by atoms with van der Waals surface area (Å²) in [6, 6.07) is 3.06. The third-order valence-corrected chi connectivity index (χ3v) is 2.75. The highest BCUT2D eigenvalue weighted by Gasteiger charge is 2.15. The maximum absolute atomic E-state index is 12.5. The number of hydrogen-bond donors (Lipinski definition) is 1. The monoisotopic (exact) mass is 283 g/mol. The first kappa shape index (κ1) is 14.2. The number of halogens is 2. The Morgan fingerprint density at radius 3 is 2.75 bits per heavy atom. The summed E-state index contributed by atoms with van der Waals surface area (Å²) in [5.74, 6) is -0.303. The minimum Gasteiger partial charge on any atom is -0.349 e. The van der Waals surface area contributed by atoms with Crippen molar-refractivity contribution >= 4 is 5.91 Å². The molecule has 0 radical (unpaired) electrons. The zero-order valence-corrected chi connectivity index (χ0v) is 11.2. The van der Waals surface area contributed by atoms with Gasteiger partial charge in [-0.1, -0.05) is 0 Å². The summed E-state index contributed by atoms with van der Waals surface area (Å²) in [4.78, 5) is 11.7. The molecule has 2 heterocycles. The van der Waals surface area contributed by atoms with E-state index in [0.29, 0.717) is 12.2 Å². The molecule has 2 rings (SSSR count). The Balaban J connectivity index is 1.91. The second-order valence-electron chi connectivity index (χ2n) is 4.43. The van der Waals surface area contributed by atoms with E-state index in [9.17, 15) is 13.6 Å². The summed E-state index contributed by atoms with van der Waals surface area (Å²) in [7, 11) is 1.78. The van der Waals surface area contributed by atoms with Gasteiger partial charge in [-0.2, -0.15) is 10.2 Å². The first-order valence-corrected chi connectivity index (χ1v) is 6.03. The van der Waals surface area contributed by atoms with Crippen LogP contribution >= 0.6 is 0 Å². The van der Waals surface area contributed by atoms with Gasteiger partial charge in [0.25, 0.3) is 6.43 Å². The lowest BCUT2D eigenvalue weighted by Crippen LogP contribution is -2.28. The van der Waals surface area contributed by atoms with Gasteiger partial charge in [-0.3, -0.25) is 14.2 Å². The van der Waals surface area contributed by atoms with E-state index in [4.69, 9.17) is 0 Å². The number of nitrogens with zero attached hydrogens (tertiary/aromatic N) is 4. The van der Waals surface area contributed by atoms with Crippen LogP contribution in [0.3, 0.4) is 0 Å². The van der Waals surface area contributed by atoms with Gasteiger partial charge in [0, 0.05) is 18.9 Å². The van der Waals surface area contributed by atoms with Crippen molar-refractivity contribution in [2.24, 2.45) is 7.05 Å². The molecule has 0 aliphatic heterocycles. The van der Waals surface area contributed by atoms with Crippen molar-refractivity contribution in [3.05, 3.63) is 35.4 Å². The Kier molecular flexibility index (Phi) is 4.11. The van der Waals surface area contributed by atoms with Gasteiger partial charge in [0.1, 0.15) is 12.2 Å². The molecule has 0 saturated carbocycles. The van der Waals surface area contributed by atoms with Crippen LogP contribution in [0.15, 0.2) is 18.3 Å². The highest BCUT2D eigenvalue weighted by molar-refractivity contribution is 5.75. The molecule has 6 nitrogen and oxygen atoms in total. The number of carbonyl (C=O) groups is 1. The van der Waals surface area contributed by atoms with Crippen molar-refractivity contribution in [1.29, 1.82) is 0 Å². The fourth-order valence-electron chi connectivity index (χ4n) is 1.74. The van der Waals surface area contributed by atoms with E-state index in [1.165, 1.54) is 10.7 Å². The molecule has 2 aromatic heterocycles. The zero-order valence-electron chi connectivity index (χ0n) is 11.2. The van der Waals surface area contributed by atoms with Crippen LogP contribution < -0.4 is 5.32 Å². The molecule has 0 unspecified atom stereocenters. The molecule has 1 amide bonds. The van der Waals surface area contributed by atoms with E-state index in [2.05, 4.69) is 15.5 Å². The summed E-state index contributed by atoms with van der Waals surface area (Å²) < 4.78 is 27.9. The molecule has 0 atom stereocenters. The Morgan fingerprint density at radius 2 is 2.20 bits per heavy atom. The van der Waals surface area contributed by atoms with Crippen molar-refractivity contribution in [2.45, 2.75) is 26.4 Å². The van der Waals surface area contributed by atoms with Gasteiger partial charge in [-0.15, -0.1) is 0 Å². The Morgan fingerprint density at radius 1 is 1.45 bits per heavy atom. The van der Waals surface area contributed by atoms with E-state index in [1.54, 1.807) is 30.9 Å². The van der Waals surface area contributed by atoms with Crippen LogP contribution in [0, 0.1) is 6.92 Å². The number of aromatic nitrogens is 4. The number of nitrogens with one attached hydrogen (secondary N) is 1. The van der Waals surface area contributed by atoms with E-state index in [-0.39, 0.29) is 18.1 Å². The van der Waals surface area contributed by atoms with Gasteiger partial charge in [-0.25, -0.2) is 8.78 Å². The molecule has 2 aromatic rings. The standard InChI is InChI=1S/C12H15F2N5O/c1-8-5-10(12(13)14)17-19(8)7-11(20)15-6-9-3-4-18(2)16-9/h3-5,12H,6-7H2,1-2H3,(H,15,20). The van der Waals surface area contributed by atoms with Crippen LogP contribution in [0.25, 0.3) is 0 Å². The summed E-state index contributed by atoms with van der Waals surface area (Å²) in [5.41, 5.74) is 0.930. The molecule has 20 heavy (non-hydrogen) atoms. The molecule has 0 aliphatic rings. The van der Waals surface area contributed by atoms with E-state index >= 15 is 0 Å². The average molecular weight is 283 g/mol. The van der Waals surface area contributed by atoms with Gasteiger partial charge >= 0.3 is 0 Å². The lowest BCUT2D eigenvalue weighted by molar-refractivity contribution is -0.122. The van der Waals surface area contributed by atoms with E-state index < -0.39 is 6.43 Å². The molecule has 108 valence electrons. The average Bonchev–Trinajstić information content (AvgIpc) is 2.94. The van der Waals surface area contributed by atoms with Crippen LogP contribution in [-0.4, -0.2) is 25.5 Å². The van der Waals surface area contributed by atoms with Gasteiger partial charge in [0.05, 0.1) is 12.2 Å². The maximum atomic E-state index is 12.5. The number of rotatable bonds is 5. The van der Waals surface area contributed by atoms with Crippen LogP contribution in [0.4, 0.5) is 8.78 Å². The van der Waals surface area contributed by atoms with Gasteiger partial charge in [-0.05, 0) is 19.1 Å². The van der Waals surface area contributed by atoms with Gasteiger partial charge < -0.3 is 5.32 Å². The molecule has 0 saturated heterocycles. The fourth-order valence-corrected chi connectivity index (χ4v) is 1.74. The normalized spacial score (nSPS) is 11.1. The van der Waals surface area contributed by atoms with Crippen molar-refractivity contribution < 1.29 is 13.6 Å². The quantitative estimate of drug-likeness (QED) is 0.896. The Hall–Kier alpha value is -2.25. The van der Waals surface area contributed by atoms with Crippen LogP contribution in [0.1, 0.15) is 23.5 Å². The molecular weight excluding hydrogens is 268 g/mol. The summed E-state index contributed by atoms with van der Waals surface area (Å²) in [5, 5.41) is 10.5. The molecule has 0 aliphatic carbocycles. The molecule has 1 N–H and O–H groups in total. The first-order chi connectivity index (χ1) is 9.45. The number of carbonyl (C=O) groups excluding carboxylic acids is 1. The molecule has 0 spiro atoms. The highest BCUT2D eigenvalue weighted by atomic mass is 19.3. The van der Waals surface area contributed by atoms with Gasteiger partial charge in [0.15, 0.2) is 0 Å². The fraction of sp³-hybridized carbons (Fsp3) is 0.417. The number of amides is 1. The number of hydrogen-bond acceptors (Lipinski definition) is 3. The molecule has 0 aromatic carbocycles. The minimum absolute atomic E-state index is 0.0919. The summed E-state index contributed by atoms with van der Waals surface area (Å²) in [6.45, 7) is 1.83. The van der Waals surface area contributed by atoms with Crippen LogP contribution in [0.5, 0.6) is 0 Å². The molecule has 0 bridgehead atoms. The Bertz CT molecular complexity index is 605. The van der Waals surface area contributed by atoms with Crippen LogP contribution in [0.2, 0.25) is 0 Å². The lowest BCUT2D eigenvalue weighted by atomic mass is 10.4. The number of alkyl halides is 2. The van der Waals surface area contributed by atoms with Crippen molar-refractivity contribution in [1.82, 2.24) is 24.9 Å². The van der Waals surface area contributed by atoms with Gasteiger partial charge in [0.2, 0.25) is 5.91 Å². The van der Waals surface area contributed by atoms with E-state index in [0.717, 1.165) is 5.69 Å². The largest absolute Gasteiger partial charge is 0.349 e. The summed E-state index contributed by atoms with van der Waals surface area (Å²) in [6.07, 6.45) is -0.861. The SMILES string of the molecule is Cc1cc(C(F)F)nn1CC(=O)NCc1ccn(C)n1. The van der Waals surface area contributed by atoms with Crippen LogP contribution in [-0.2, 0) is 24.9 Å². The molecular formula is C12H15F2N5O. The topological polar surface area (TPSA) is 64.7 Å². The van der Waals surface area contributed by atoms with E-state index in [1.807, 2.05) is 0 Å². The second-order valence-corrected chi connectivity index (χ2v) is 4.43.